The SMILES string of the molecule is COC(=O)[C@H](Cc1ccccc1)n1cc(COc2nc(Cl)nc(Nc3ccc(Cl)cc3)n2)nn1. The van der Waals surface area contributed by atoms with Gasteiger partial charge in [-0.1, -0.05) is 47.1 Å². The molecule has 0 aliphatic heterocycles. The zero-order valence-corrected chi connectivity index (χ0v) is 19.4. The van der Waals surface area contributed by atoms with E-state index in [9.17, 15) is 4.79 Å². The molecule has 0 radical (unpaired) electrons. The van der Waals surface area contributed by atoms with Gasteiger partial charge in [0.05, 0.1) is 13.3 Å². The van der Waals surface area contributed by atoms with Gasteiger partial charge in [-0.15, -0.1) is 5.10 Å². The molecule has 4 aromatic rings. The predicted octanol–water partition coefficient (Wildman–Crippen LogP) is 4.05. The Balaban J connectivity index is 1.44. The van der Waals surface area contributed by atoms with E-state index in [-0.39, 0.29) is 23.8 Å². The van der Waals surface area contributed by atoms with Crippen LogP contribution in [-0.2, 0) is 22.6 Å². The highest BCUT2D eigenvalue weighted by molar-refractivity contribution is 6.30. The van der Waals surface area contributed by atoms with Crippen molar-refractivity contribution in [2.45, 2.75) is 19.1 Å². The summed E-state index contributed by atoms with van der Waals surface area (Å²) in [6, 6.07) is 15.9. The van der Waals surface area contributed by atoms with Crippen LogP contribution in [0.1, 0.15) is 17.3 Å². The number of hydrogen-bond acceptors (Lipinski definition) is 9. The molecule has 0 bridgehead atoms. The molecule has 0 saturated carbocycles. The van der Waals surface area contributed by atoms with Gasteiger partial charge in [0, 0.05) is 17.1 Å². The molecule has 4 rings (SSSR count). The van der Waals surface area contributed by atoms with Gasteiger partial charge in [0.25, 0.3) is 0 Å². The third kappa shape index (κ3) is 6.18. The molecule has 1 N–H and O–H groups in total. The second-order valence-corrected chi connectivity index (χ2v) is 7.82. The van der Waals surface area contributed by atoms with Crippen molar-refractivity contribution in [3.63, 3.8) is 0 Å². The van der Waals surface area contributed by atoms with Crippen LogP contribution in [0.4, 0.5) is 11.6 Å². The Kier molecular flexibility index (Phi) is 7.51. The lowest BCUT2D eigenvalue weighted by Gasteiger charge is -2.14. The van der Waals surface area contributed by atoms with Crippen molar-refractivity contribution >= 4 is 40.8 Å². The highest BCUT2D eigenvalue weighted by atomic mass is 35.5. The molecule has 174 valence electrons. The molecule has 0 unspecified atom stereocenters. The summed E-state index contributed by atoms with van der Waals surface area (Å²) in [5.41, 5.74) is 2.14. The molecule has 0 spiro atoms. The zero-order chi connectivity index (χ0) is 23.9. The number of carbonyl (C=O) groups excluding carboxylic acids is 1. The van der Waals surface area contributed by atoms with E-state index in [1.807, 2.05) is 30.3 Å². The lowest BCUT2D eigenvalue weighted by Crippen LogP contribution is -2.23. The number of nitrogens with zero attached hydrogens (tertiary/aromatic N) is 6. The molecular formula is C22H19Cl2N7O3. The Morgan fingerprint density at radius 2 is 1.82 bits per heavy atom. The highest BCUT2D eigenvalue weighted by Crippen LogP contribution is 2.20. The largest absolute Gasteiger partial charge is 0.467 e. The fraction of sp³-hybridized carbons (Fsp3) is 0.182. The van der Waals surface area contributed by atoms with E-state index in [0.717, 1.165) is 5.56 Å². The summed E-state index contributed by atoms with van der Waals surface area (Å²) in [4.78, 5) is 24.6. The molecule has 10 nitrogen and oxygen atoms in total. The van der Waals surface area contributed by atoms with Crippen LogP contribution in [-0.4, -0.2) is 43.0 Å². The molecule has 1 atom stereocenters. The quantitative estimate of drug-likeness (QED) is 0.340. The lowest BCUT2D eigenvalue weighted by atomic mass is 10.1. The van der Waals surface area contributed by atoms with Crippen molar-refractivity contribution in [1.82, 2.24) is 29.9 Å². The Morgan fingerprint density at radius 3 is 2.56 bits per heavy atom. The number of esters is 1. The molecule has 0 fully saturated rings. The van der Waals surface area contributed by atoms with Gasteiger partial charge in [0.15, 0.2) is 6.04 Å². The zero-order valence-electron chi connectivity index (χ0n) is 17.9. The predicted molar refractivity (Wildman–Crippen MR) is 125 cm³/mol. The standard InChI is InChI=1S/C22H19Cl2N7O3/c1-33-19(32)18(11-14-5-3-2-4-6-14)31-12-17(29-30-31)13-34-22-27-20(24)26-21(28-22)25-16-9-7-15(23)8-10-16/h2-10,12,18H,11,13H2,1H3,(H,25,26,27,28)/t18-/m0/s1. The Labute approximate surface area is 204 Å². The van der Waals surface area contributed by atoms with Crippen LogP contribution in [0.25, 0.3) is 0 Å². The van der Waals surface area contributed by atoms with Crippen molar-refractivity contribution < 1.29 is 14.3 Å². The number of hydrogen-bond donors (Lipinski definition) is 1. The third-order valence-corrected chi connectivity index (χ3v) is 5.08. The molecule has 2 heterocycles. The van der Waals surface area contributed by atoms with Crippen molar-refractivity contribution in [2.75, 3.05) is 12.4 Å². The molecule has 12 heteroatoms. The summed E-state index contributed by atoms with van der Waals surface area (Å²) in [6.07, 6.45) is 2.01. The van der Waals surface area contributed by atoms with Crippen LogP contribution in [0.15, 0.2) is 60.8 Å². The summed E-state index contributed by atoms with van der Waals surface area (Å²) in [5.74, 6) is -0.224. The van der Waals surface area contributed by atoms with Crippen LogP contribution in [0.2, 0.25) is 10.3 Å². The van der Waals surface area contributed by atoms with E-state index < -0.39 is 12.0 Å². The maximum Gasteiger partial charge on any atom is 0.331 e. The van der Waals surface area contributed by atoms with Crippen molar-refractivity contribution in [1.29, 1.82) is 0 Å². The van der Waals surface area contributed by atoms with E-state index in [1.165, 1.54) is 11.8 Å². The van der Waals surface area contributed by atoms with Crippen LogP contribution in [0, 0.1) is 0 Å². The number of methoxy groups -OCH3 is 1. The summed E-state index contributed by atoms with van der Waals surface area (Å²) < 4.78 is 12.0. The van der Waals surface area contributed by atoms with Gasteiger partial charge in [-0.3, -0.25) is 0 Å². The fourth-order valence-electron chi connectivity index (χ4n) is 3.04. The maximum atomic E-state index is 12.4. The number of nitrogens with one attached hydrogen (secondary N) is 1. The van der Waals surface area contributed by atoms with Crippen molar-refractivity contribution in [3.8, 4) is 6.01 Å². The summed E-state index contributed by atoms with van der Waals surface area (Å²) >= 11 is 11.9. The van der Waals surface area contributed by atoms with Gasteiger partial charge < -0.3 is 14.8 Å². The monoisotopic (exact) mass is 499 g/mol. The van der Waals surface area contributed by atoms with Gasteiger partial charge in [-0.2, -0.15) is 15.0 Å². The number of carbonyl (C=O) groups is 1. The molecule has 0 aliphatic carbocycles. The second-order valence-electron chi connectivity index (χ2n) is 7.05. The number of halogens is 2. The highest BCUT2D eigenvalue weighted by Gasteiger charge is 2.23. The first-order valence-electron chi connectivity index (χ1n) is 10.1. The van der Waals surface area contributed by atoms with E-state index in [4.69, 9.17) is 32.7 Å². The minimum Gasteiger partial charge on any atom is -0.467 e. The Bertz CT molecular complexity index is 1250. The van der Waals surface area contributed by atoms with Crippen LogP contribution >= 0.6 is 23.2 Å². The number of aromatic nitrogens is 6. The average molecular weight is 500 g/mol. The van der Waals surface area contributed by atoms with E-state index in [1.54, 1.807) is 30.5 Å². The average Bonchev–Trinajstić information content (AvgIpc) is 3.31. The summed E-state index contributed by atoms with van der Waals surface area (Å²) in [6.45, 7) is -0.0000429. The third-order valence-electron chi connectivity index (χ3n) is 4.66. The van der Waals surface area contributed by atoms with Crippen LogP contribution < -0.4 is 10.1 Å². The molecular weight excluding hydrogens is 481 g/mol. The van der Waals surface area contributed by atoms with Gasteiger partial charge in [-0.05, 0) is 41.4 Å². The first-order chi connectivity index (χ1) is 16.5. The van der Waals surface area contributed by atoms with Crippen LogP contribution in [0.3, 0.4) is 0 Å². The molecule has 0 amide bonds. The molecule has 0 aliphatic rings. The smallest absolute Gasteiger partial charge is 0.331 e. The normalized spacial score (nSPS) is 11.6. The number of anilines is 2. The van der Waals surface area contributed by atoms with Crippen molar-refractivity contribution in [3.05, 3.63) is 82.4 Å². The van der Waals surface area contributed by atoms with Gasteiger partial charge in [0.2, 0.25) is 11.2 Å². The van der Waals surface area contributed by atoms with E-state index in [0.29, 0.717) is 22.8 Å². The number of benzene rings is 2. The number of ether oxygens (including phenoxy) is 2. The molecule has 34 heavy (non-hydrogen) atoms. The first kappa shape index (κ1) is 23.4. The van der Waals surface area contributed by atoms with Gasteiger partial charge in [-0.25, -0.2) is 9.48 Å². The molecule has 0 saturated heterocycles. The topological polar surface area (TPSA) is 117 Å². The summed E-state index contributed by atoms with van der Waals surface area (Å²) in [5, 5.41) is 11.7. The second kappa shape index (κ2) is 10.9. The van der Waals surface area contributed by atoms with Gasteiger partial charge >= 0.3 is 12.0 Å². The van der Waals surface area contributed by atoms with Crippen molar-refractivity contribution in [2.24, 2.45) is 0 Å². The summed E-state index contributed by atoms with van der Waals surface area (Å²) in [7, 11) is 1.33. The Morgan fingerprint density at radius 1 is 1.06 bits per heavy atom. The Hall–Kier alpha value is -3.76. The minimum absolute atomic E-state index is 0.0000429. The minimum atomic E-state index is -0.671. The maximum absolute atomic E-state index is 12.4. The van der Waals surface area contributed by atoms with Gasteiger partial charge in [0.1, 0.15) is 12.3 Å². The van der Waals surface area contributed by atoms with E-state index in [2.05, 4.69) is 30.6 Å². The first-order valence-corrected chi connectivity index (χ1v) is 10.8. The molecule has 2 aromatic heterocycles. The number of rotatable bonds is 9. The van der Waals surface area contributed by atoms with E-state index >= 15 is 0 Å². The fourth-order valence-corrected chi connectivity index (χ4v) is 3.32. The molecule has 2 aromatic carbocycles. The lowest BCUT2D eigenvalue weighted by molar-refractivity contribution is -0.144. The van der Waals surface area contributed by atoms with Crippen LogP contribution in [0.5, 0.6) is 6.01 Å².